The number of hydrogen-bond donors (Lipinski definition) is 2. The molecule has 0 aliphatic carbocycles. The van der Waals surface area contributed by atoms with Crippen molar-refractivity contribution >= 4 is 39.5 Å². The summed E-state index contributed by atoms with van der Waals surface area (Å²) in [6.07, 6.45) is 1.59. The molecule has 0 radical (unpaired) electrons. The van der Waals surface area contributed by atoms with Crippen LogP contribution >= 0.6 is 28.1 Å². The van der Waals surface area contributed by atoms with Crippen LogP contribution in [-0.2, 0) is 0 Å². The number of thiocarbonyl (C=S) groups is 1. The molecule has 0 bridgehead atoms. The number of nitrogens with zero attached hydrogens (tertiary/aromatic N) is 1. The van der Waals surface area contributed by atoms with Crippen LogP contribution in [0.5, 0.6) is 11.5 Å². The van der Waals surface area contributed by atoms with E-state index in [0.29, 0.717) is 18.1 Å². The third-order valence-corrected chi connectivity index (χ3v) is 2.60. The lowest BCUT2D eigenvalue weighted by molar-refractivity contribution is 0.310. The van der Waals surface area contributed by atoms with E-state index in [4.69, 9.17) is 15.2 Å². The summed E-state index contributed by atoms with van der Waals surface area (Å²) in [6.45, 7) is 2.46. The van der Waals surface area contributed by atoms with Gasteiger partial charge in [-0.3, -0.25) is 5.43 Å². The van der Waals surface area contributed by atoms with Crippen molar-refractivity contribution in [1.29, 1.82) is 0 Å². The summed E-state index contributed by atoms with van der Waals surface area (Å²) in [4.78, 5) is 0. The molecule has 0 aliphatic rings. The second-order valence-corrected chi connectivity index (χ2v) is 4.50. The van der Waals surface area contributed by atoms with Gasteiger partial charge < -0.3 is 15.2 Å². The number of nitrogens with one attached hydrogen (secondary N) is 1. The molecule has 0 saturated heterocycles. The van der Waals surface area contributed by atoms with Gasteiger partial charge in [-0.15, -0.1) is 0 Å². The van der Waals surface area contributed by atoms with E-state index in [1.807, 2.05) is 19.1 Å². The molecule has 1 aromatic rings. The first-order chi connectivity index (χ1) is 8.58. The zero-order chi connectivity index (χ0) is 13.5. The van der Waals surface area contributed by atoms with Crippen molar-refractivity contribution in [3.63, 3.8) is 0 Å². The van der Waals surface area contributed by atoms with Crippen molar-refractivity contribution in [2.75, 3.05) is 13.7 Å². The zero-order valence-electron chi connectivity index (χ0n) is 10.1. The van der Waals surface area contributed by atoms with Gasteiger partial charge in [0.15, 0.2) is 16.6 Å². The number of benzene rings is 1. The smallest absolute Gasteiger partial charge is 0.184 e. The highest BCUT2D eigenvalue weighted by molar-refractivity contribution is 9.10. The molecule has 0 atom stereocenters. The lowest BCUT2D eigenvalue weighted by Crippen LogP contribution is -2.23. The van der Waals surface area contributed by atoms with Gasteiger partial charge in [0, 0.05) is 0 Å². The standard InChI is InChI=1S/C11H14BrN3O2S/c1-3-17-9-5-7(6-14-15-11(13)18)4-8(12)10(9)16-2/h4-6H,3H2,1-2H3,(H3,13,15,18). The molecule has 7 heteroatoms. The van der Waals surface area contributed by atoms with Crippen LogP contribution in [0.1, 0.15) is 12.5 Å². The van der Waals surface area contributed by atoms with Crippen LogP contribution in [0.15, 0.2) is 21.7 Å². The van der Waals surface area contributed by atoms with E-state index >= 15 is 0 Å². The monoisotopic (exact) mass is 331 g/mol. The van der Waals surface area contributed by atoms with Crippen LogP contribution in [0.3, 0.4) is 0 Å². The molecule has 98 valence electrons. The highest BCUT2D eigenvalue weighted by Crippen LogP contribution is 2.36. The van der Waals surface area contributed by atoms with Crippen molar-refractivity contribution in [2.24, 2.45) is 10.8 Å². The Morgan fingerprint density at radius 3 is 2.89 bits per heavy atom. The molecule has 0 heterocycles. The van der Waals surface area contributed by atoms with Crippen LogP contribution in [0.25, 0.3) is 0 Å². The van der Waals surface area contributed by atoms with Crippen LogP contribution in [0, 0.1) is 0 Å². The Morgan fingerprint density at radius 2 is 2.33 bits per heavy atom. The number of ether oxygens (including phenoxy) is 2. The second kappa shape index (κ2) is 7.17. The lowest BCUT2D eigenvalue weighted by Gasteiger charge is -2.11. The molecule has 0 fully saturated rings. The van der Waals surface area contributed by atoms with E-state index < -0.39 is 0 Å². The Kier molecular flexibility index (Phi) is 5.87. The van der Waals surface area contributed by atoms with E-state index in [2.05, 4.69) is 38.7 Å². The van der Waals surface area contributed by atoms with Crippen molar-refractivity contribution in [2.45, 2.75) is 6.92 Å². The molecule has 18 heavy (non-hydrogen) atoms. The van der Waals surface area contributed by atoms with Crippen molar-refractivity contribution in [3.8, 4) is 11.5 Å². The molecule has 0 aliphatic heterocycles. The summed E-state index contributed by atoms with van der Waals surface area (Å²) >= 11 is 8.05. The molecule has 0 saturated carbocycles. The Labute approximate surface area is 119 Å². The van der Waals surface area contributed by atoms with Gasteiger partial charge in [0.05, 0.1) is 24.4 Å². The first-order valence-electron chi connectivity index (χ1n) is 5.17. The normalized spacial score (nSPS) is 10.4. The molecule has 0 spiro atoms. The SMILES string of the molecule is CCOc1cc(C=NNC(N)=S)cc(Br)c1OC. The van der Waals surface area contributed by atoms with E-state index in [9.17, 15) is 0 Å². The molecule has 0 unspecified atom stereocenters. The predicted octanol–water partition coefficient (Wildman–Crippen LogP) is 2.02. The molecule has 1 rings (SSSR count). The first kappa shape index (κ1) is 14.7. The third kappa shape index (κ3) is 4.15. The fourth-order valence-electron chi connectivity index (χ4n) is 1.29. The van der Waals surface area contributed by atoms with Gasteiger partial charge in [-0.2, -0.15) is 5.10 Å². The quantitative estimate of drug-likeness (QED) is 0.491. The topological polar surface area (TPSA) is 68.9 Å². The molecule has 1 aromatic carbocycles. The molecule has 0 amide bonds. The van der Waals surface area contributed by atoms with Gasteiger partial charge in [0.2, 0.25) is 0 Å². The van der Waals surface area contributed by atoms with Gasteiger partial charge >= 0.3 is 0 Å². The maximum Gasteiger partial charge on any atom is 0.184 e. The van der Waals surface area contributed by atoms with E-state index in [-0.39, 0.29) is 5.11 Å². The molecular weight excluding hydrogens is 318 g/mol. The minimum Gasteiger partial charge on any atom is -0.492 e. The van der Waals surface area contributed by atoms with Gasteiger partial charge in [0.1, 0.15) is 0 Å². The summed E-state index contributed by atoms with van der Waals surface area (Å²) in [5, 5.41) is 4.00. The van der Waals surface area contributed by atoms with Gasteiger partial charge in [-0.1, -0.05) is 0 Å². The summed E-state index contributed by atoms with van der Waals surface area (Å²) in [5.41, 5.74) is 8.58. The fourth-order valence-corrected chi connectivity index (χ4v) is 1.97. The van der Waals surface area contributed by atoms with Gasteiger partial charge in [-0.05, 0) is 52.8 Å². The average Bonchev–Trinajstić information content (AvgIpc) is 2.28. The van der Waals surface area contributed by atoms with Gasteiger partial charge in [0.25, 0.3) is 0 Å². The summed E-state index contributed by atoms with van der Waals surface area (Å²) in [6, 6.07) is 3.67. The van der Waals surface area contributed by atoms with Gasteiger partial charge in [-0.25, -0.2) is 0 Å². The van der Waals surface area contributed by atoms with Crippen molar-refractivity contribution < 1.29 is 9.47 Å². The number of nitrogens with two attached hydrogens (primary N) is 1. The highest BCUT2D eigenvalue weighted by Gasteiger charge is 2.10. The Hall–Kier alpha value is -1.34. The zero-order valence-corrected chi connectivity index (χ0v) is 12.5. The Balaban J connectivity index is 3.00. The summed E-state index contributed by atoms with van der Waals surface area (Å²) in [5.74, 6) is 1.29. The number of methoxy groups -OCH3 is 1. The third-order valence-electron chi connectivity index (χ3n) is 1.92. The average molecular weight is 332 g/mol. The number of rotatable bonds is 5. The van der Waals surface area contributed by atoms with Crippen LogP contribution in [0.2, 0.25) is 0 Å². The van der Waals surface area contributed by atoms with Crippen molar-refractivity contribution in [1.82, 2.24) is 5.43 Å². The summed E-state index contributed by atoms with van der Waals surface area (Å²) in [7, 11) is 1.59. The first-order valence-corrected chi connectivity index (χ1v) is 6.37. The second-order valence-electron chi connectivity index (χ2n) is 3.20. The number of hydrazone groups is 1. The minimum absolute atomic E-state index is 0.115. The molecule has 3 N–H and O–H groups in total. The fraction of sp³-hybridized carbons (Fsp3) is 0.273. The largest absolute Gasteiger partial charge is 0.492 e. The molecular formula is C11H14BrN3O2S. The maximum absolute atomic E-state index is 5.49. The Morgan fingerprint density at radius 1 is 1.61 bits per heavy atom. The molecule has 0 aromatic heterocycles. The van der Waals surface area contributed by atoms with E-state index in [0.717, 1.165) is 10.0 Å². The van der Waals surface area contributed by atoms with Crippen molar-refractivity contribution in [3.05, 3.63) is 22.2 Å². The predicted molar refractivity (Wildman–Crippen MR) is 79.4 cm³/mol. The van der Waals surface area contributed by atoms with Crippen LogP contribution < -0.4 is 20.6 Å². The molecule has 5 nitrogen and oxygen atoms in total. The number of hydrogen-bond acceptors (Lipinski definition) is 4. The van der Waals surface area contributed by atoms with Crippen LogP contribution in [0.4, 0.5) is 0 Å². The summed E-state index contributed by atoms with van der Waals surface area (Å²) < 4.78 is 11.5. The number of halogens is 1. The maximum atomic E-state index is 5.49. The van der Waals surface area contributed by atoms with Crippen LogP contribution in [-0.4, -0.2) is 25.0 Å². The lowest BCUT2D eigenvalue weighted by atomic mass is 10.2. The Bertz CT molecular complexity index is 466. The van der Waals surface area contributed by atoms with E-state index in [1.54, 1.807) is 13.3 Å². The minimum atomic E-state index is 0.115. The van der Waals surface area contributed by atoms with E-state index in [1.165, 1.54) is 0 Å². The highest BCUT2D eigenvalue weighted by atomic mass is 79.9.